The van der Waals surface area contributed by atoms with E-state index in [0.717, 1.165) is 25.8 Å². The van der Waals surface area contributed by atoms with Crippen molar-refractivity contribution in [1.29, 1.82) is 0 Å². The van der Waals surface area contributed by atoms with Gasteiger partial charge in [-0.15, -0.1) is 11.3 Å². The van der Waals surface area contributed by atoms with Crippen LogP contribution in [0.2, 0.25) is 0 Å². The van der Waals surface area contributed by atoms with Gasteiger partial charge >= 0.3 is 5.97 Å². The lowest BCUT2D eigenvalue weighted by atomic mass is 10.1. The molecular weight excluding hydrogens is 370 g/mol. The first kappa shape index (κ1) is 18.3. The first-order chi connectivity index (χ1) is 12.4. The largest absolute Gasteiger partial charge is 0.451 e. The number of esters is 1. The van der Waals surface area contributed by atoms with E-state index >= 15 is 0 Å². The molecule has 6 nitrogen and oxygen atoms in total. The molecule has 8 heteroatoms. The van der Waals surface area contributed by atoms with E-state index < -0.39 is 5.97 Å². The molecule has 0 fully saturated rings. The number of rotatable bonds is 6. The minimum Gasteiger partial charge on any atom is -0.451 e. The van der Waals surface area contributed by atoms with Gasteiger partial charge in [-0.2, -0.15) is 0 Å². The lowest BCUT2D eigenvalue weighted by Gasteiger charge is -2.06. The fourth-order valence-electron chi connectivity index (χ4n) is 2.18. The molecule has 1 amide bonds. The third-order valence-corrected chi connectivity index (χ3v) is 5.91. The van der Waals surface area contributed by atoms with Gasteiger partial charge < -0.3 is 15.0 Å². The number of nitrogens with zero attached hydrogens (tertiary/aromatic N) is 2. The summed E-state index contributed by atoms with van der Waals surface area (Å²) < 4.78 is 6.04. The van der Waals surface area contributed by atoms with Crippen LogP contribution in [0.4, 0.5) is 5.13 Å². The Kier molecular flexibility index (Phi) is 5.53. The zero-order chi connectivity index (χ0) is 18.7. The smallest absolute Gasteiger partial charge is 0.348 e. The lowest BCUT2D eigenvalue weighted by molar-refractivity contribution is -0.124. The first-order valence-electron chi connectivity index (χ1n) is 7.99. The molecule has 2 heterocycles. The Morgan fingerprint density at radius 2 is 1.92 bits per heavy atom. The van der Waals surface area contributed by atoms with Crippen LogP contribution in [0.25, 0.3) is 9.53 Å². The van der Waals surface area contributed by atoms with Gasteiger partial charge in [0, 0.05) is 20.6 Å². The molecule has 1 aromatic carbocycles. The van der Waals surface area contributed by atoms with E-state index in [9.17, 15) is 9.59 Å². The molecule has 0 radical (unpaired) electrons. The van der Waals surface area contributed by atoms with Gasteiger partial charge in [-0.1, -0.05) is 41.2 Å². The van der Waals surface area contributed by atoms with Crippen molar-refractivity contribution in [3.8, 4) is 0 Å². The zero-order valence-corrected chi connectivity index (χ0v) is 16.4. The van der Waals surface area contributed by atoms with Crippen molar-refractivity contribution in [2.24, 2.45) is 0 Å². The van der Waals surface area contributed by atoms with Crippen LogP contribution in [0.5, 0.6) is 0 Å². The molecular formula is C18H19N3O3S2. The number of fused-ring (bicyclic) bond motifs is 1. The van der Waals surface area contributed by atoms with Gasteiger partial charge in [0.25, 0.3) is 5.91 Å². The molecule has 0 aliphatic carbocycles. The number of ether oxygens (including phenoxy) is 1. The molecule has 0 bridgehead atoms. The Labute approximate surface area is 159 Å². The van der Waals surface area contributed by atoms with Gasteiger partial charge in [0.2, 0.25) is 0 Å². The molecule has 26 heavy (non-hydrogen) atoms. The summed E-state index contributed by atoms with van der Waals surface area (Å²) in [6.45, 7) is 2.11. The number of carbonyl (C=O) groups is 2. The second-order valence-corrected chi connectivity index (χ2v) is 8.05. The van der Waals surface area contributed by atoms with Gasteiger partial charge in [0.15, 0.2) is 11.7 Å². The summed E-state index contributed by atoms with van der Waals surface area (Å²) in [6, 6.07) is 9.64. The Hall–Kier alpha value is -2.45. The molecule has 0 aliphatic rings. The van der Waals surface area contributed by atoms with Crippen molar-refractivity contribution in [2.45, 2.75) is 13.5 Å². The molecule has 0 aliphatic heterocycles. The SMILES string of the molecule is Cc1ccc(CNC(=O)COC(=O)c2cc3sc(N(C)C)nc3s2)cc1. The highest BCUT2D eigenvalue weighted by molar-refractivity contribution is 7.29. The number of thiazole rings is 1. The van der Waals surface area contributed by atoms with Gasteiger partial charge in [-0.05, 0) is 18.6 Å². The Balaban J connectivity index is 1.50. The van der Waals surface area contributed by atoms with Crippen LogP contribution in [0.3, 0.4) is 0 Å². The summed E-state index contributed by atoms with van der Waals surface area (Å²) >= 11 is 2.79. The number of anilines is 1. The van der Waals surface area contributed by atoms with Crippen LogP contribution in [0, 0.1) is 6.92 Å². The van der Waals surface area contributed by atoms with E-state index in [0.29, 0.717) is 11.4 Å². The van der Waals surface area contributed by atoms with E-state index in [4.69, 9.17) is 4.74 Å². The monoisotopic (exact) mass is 389 g/mol. The fourth-order valence-corrected chi connectivity index (χ4v) is 4.20. The molecule has 0 atom stereocenters. The Bertz CT molecular complexity index is 897. The fraction of sp³-hybridized carbons (Fsp3) is 0.278. The number of hydrogen-bond donors (Lipinski definition) is 1. The number of carbonyl (C=O) groups excluding carboxylic acids is 2. The van der Waals surface area contributed by atoms with Crippen molar-refractivity contribution in [3.63, 3.8) is 0 Å². The first-order valence-corrected chi connectivity index (χ1v) is 9.63. The third-order valence-electron chi connectivity index (χ3n) is 3.61. The topological polar surface area (TPSA) is 71.5 Å². The maximum absolute atomic E-state index is 12.1. The summed E-state index contributed by atoms with van der Waals surface area (Å²) in [5.41, 5.74) is 2.16. The summed E-state index contributed by atoms with van der Waals surface area (Å²) in [5.74, 6) is -0.831. The quantitative estimate of drug-likeness (QED) is 0.656. The van der Waals surface area contributed by atoms with Gasteiger partial charge in [-0.25, -0.2) is 9.78 Å². The van der Waals surface area contributed by atoms with Crippen LogP contribution in [0.15, 0.2) is 30.3 Å². The summed E-state index contributed by atoms with van der Waals surface area (Å²) in [7, 11) is 3.85. The number of aryl methyl sites for hydroxylation is 1. The van der Waals surface area contributed by atoms with Crippen molar-refractivity contribution in [3.05, 3.63) is 46.3 Å². The second-order valence-electron chi connectivity index (χ2n) is 6.01. The van der Waals surface area contributed by atoms with E-state index in [2.05, 4.69) is 10.3 Å². The van der Waals surface area contributed by atoms with Crippen LogP contribution in [-0.2, 0) is 16.1 Å². The molecule has 3 rings (SSSR count). The minimum absolute atomic E-state index is 0.299. The number of amides is 1. The van der Waals surface area contributed by atoms with Crippen LogP contribution >= 0.6 is 22.7 Å². The number of aromatic nitrogens is 1. The minimum atomic E-state index is -0.503. The molecule has 2 aromatic heterocycles. The van der Waals surface area contributed by atoms with E-state index in [1.807, 2.05) is 50.2 Å². The predicted octanol–water partition coefficient (Wildman–Crippen LogP) is 3.21. The van der Waals surface area contributed by atoms with Gasteiger partial charge in [-0.3, -0.25) is 4.79 Å². The van der Waals surface area contributed by atoms with E-state index in [-0.39, 0.29) is 12.5 Å². The van der Waals surface area contributed by atoms with Crippen LogP contribution in [-0.4, -0.2) is 37.6 Å². The molecule has 0 saturated heterocycles. The average Bonchev–Trinajstić information content (AvgIpc) is 3.18. The number of thiophene rings is 1. The van der Waals surface area contributed by atoms with Crippen molar-refractivity contribution < 1.29 is 14.3 Å². The average molecular weight is 390 g/mol. The molecule has 3 aromatic rings. The number of hydrogen-bond acceptors (Lipinski definition) is 7. The summed E-state index contributed by atoms with van der Waals surface area (Å²) in [5, 5.41) is 3.63. The normalized spacial score (nSPS) is 10.7. The maximum atomic E-state index is 12.1. The highest BCUT2D eigenvalue weighted by atomic mass is 32.1. The summed E-state index contributed by atoms with van der Waals surface area (Å²) in [4.78, 5) is 31.6. The highest BCUT2D eigenvalue weighted by Gasteiger charge is 2.16. The molecule has 0 spiro atoms. The maximum Gasteiger partial charge on any atom is 0.348 e. The summed E-state index contributed by atoms with van der Waals surface area (Å²) in [6.07, 6.45) is 0. The third kappa shape index (κ3) is 4.39. The predicted molar refractivity (Wildman–Crippen MR) is 105 cm³/mol. The molecule has 0 unspecified atom stereocenters. The zero-order valence-electron chi connectivity index (χ0n) is 14.7. The standard InChI is InChI=1S/C18H19N3O3S2/c1-11-4-6-12(7-5-11)9-19-15(22)10-24-17(23)14-8-13-16(25-14)20-18(26-13)21(2)3/h4-8H,9-10H2,1-3H3,(H,19,22). The van der Waals surface area contributed by atoms with Crippen LogP contribution in [0.1, 0.15) is 20.8 Å². The Morgan fingerprint density at radius 1 is 1.19 bits per heavy atom. The van der Waals surface area contributed by atoms with Crippen LogP contribution < -0.4 is 10.2 Å². The van der Waals surface area contributed by atoms with E-state index in [1.165, 1.54) is 22.7 Å². The second kappa shape index (κ2) is 7.84. The number of benzene rings is 1. The van der Waals surface area contributed by atoms with Crippen molar-refractivity contribution in [2.75, 3.05) is 25.6 Å². The van der Waals surface area contributed by atoms with Gasteiger partial charge in [0.1, 0.15) is 9.71 Å². The lowest BCUT2D eigenvalue weighted by Crippen LogP contribution is -2.28. The van der Waals surface area contributed by atoms with Crippen molar-refractivity contribution >= 4 is 49.2 Å². The Morgan fingerprint density at radius 3 is 2.58 bits per heavy atom. The van der Waals surface area contributed by atoms with Gasteiger partial charge in [0.05, 0.1) is 4.70 Å². The molecule has 1 N–H and O–H groups in total. The van der Waals surface area contributed by atoms with Crippen molar-refractivity contribution in [1.82, 2.24) is 10.3 Å². The van der Waals surface area contributed by atoms with E-state index in [1.54, 1.807) is 6.07 Å². The number of nitrogens with one attached hydrogen (secondary N) is 1. The highest BCUT2D eigenvalue weighted by Crippen LogP contribution is 2.34. The molecule has 0 saturated carbocycles. The molecule has 136 valence electrons.